The topological polar surface area (TPSA) is 67.0 Å². The fourth-order valence-corrected chi connectivity index (χ4v) is 1.90. The Balaban J connectivity index is 0.00000400. The summed E-state index contributed by atoms with van der Waals surface area (Å²) in [5.74, 6) is 1.78. The van der Waals surface area contributed by atoms with Gasteiger partial charge >= 0.3 is 0 Å². The number of carbonyl (C=O) groups excluding carboxylic acids is 1. The summed E-state index contributed by atoms with van der Waals surface area (Å²) in [6.45, 7) is 8.85. The van der Waals surface area contributed by atoms with E-state index in [1.165, 1.54) is 6.08 Å². The Kier molecular flexibility index (Phi) is 9.98. The second-order valence-electron chi connectivity index (χ2n) is 4.57. The molecule has 0 spiro atoms. The maximum absolute atomic E-state index is 11.2. The van der Waals surface area contributed by atoms with E-state index in [-0.39, 0.29) is 11.3 Å². The van der Waals surface area contributed by atoms with E-state index in [1.807, 2.05) is 25.1 Å². The molecule has 4 heteroatoms. The number of hydrogen-bond donors (Lipinski definition) is 0. The van der Waals surface area contributed by atoms with Gasteiger partial charge in [0.05, 0.1) is 13.2 Å². The third-order valence-corrected chi connectivity index (χ3v) is 2.91. The molecular weight excluding hydrogens is 268 g/mol. The van der Waals surface area contributed by atoms with Gasteiger partial charge in [-0.2, -0.15) is 0 Å². The van der Waals surface area contributed by atoms with Crippen molar-refractivity contribution in [3.63, 3.8) is 0 Å². The van der Waals surface area contributed by atoms with E-state index in [0.29, 0.717) is 19.6 Å². The quantitative estimate of drug-likeness (QED) is 0.623. The van der Waals surface area contributed by atoms with Gasteiger partial charge in [0.2, 0.25) is 0 Å². The zero-order valence-electron chi connectivity index (χ0n) is 13.0. The number of ketones is 1. The molecule has 0 aromatic heterocycles. The van der Waals surface area contributed by atoms with Gasteiger partial charge in [0, 0.05) is 12.5 Å². The number of aryl methyl sites for hydroxylation is 1. The van der Waals surface area contributed by atoms with E-state index in [0.717, 1.165) is 36.3 Å². The smallest absolute Gasteiger partial charge is 0.155 e. The Morgan fingerprint density at radius 3 is 2.67 bits per heavy atom. The molecule has 118 valence electrons. The number of ether oxygens (including phenoxy) is 2. The molecule has 0 amide bonds. The Bertz CT molecular complexity index is 440. The highest BCUT2D eigenvalue weighted by Crippen LogP contribution is 2.26. The lowest BCUT2D eigenvalue weighted by Crippen LogP contribution is -2.01. The standard InChI is InChI=1S/C17H24O3.H2O/c1-4-12-20-16-11-10-14(17(13-16)19-6-3)8-7-9-15(18)5-2;/h5,10-11,13H,2,4,6-9,12H2,1,3H3;1H2. The van der Waals surface area contributed by atoms with Crippen molar-refractivity contribution in [1.82, 2.24) is 0 Å². The van der Waals surface area contributed by atoms with Gasteiger partial charge in [-0.25, -0.2) is 0 Å². The average Bonchev–Trinajstić information content (AvgIpc) is 2.47. The van der Waals surface area contributed by atoms with E-state index in [2.05, 4.69) is 13.5 Å². The van der Waals surface area contributed by atoms with Crippen LogP contribution in [0.1, 0.15) is 38.7 Å². The van der Waals surface area contributed by atoms with Crippen LogP contribution in [0.2, 0.25) is 0 Å². The van der Waals surface area contributed by atoms with E-state index in [1.54, 1.807) is 0 Å². The minimum Gasteiger partial charge on any atom is -0.493 e. The molecule has 0 atom stereocenters. The predicted molar refractivity (Wildman–Crippen MR) is 85.2 cm³/mol. The van der Waals surface area contributed by atoms with Crippen LogP contribution < -0.4 is 9.47 Å². The number of carbonyl (C=O) groups is 1. The molecule has 0 aliphatic heterocycles. The first-order valence-electron chi connectivity index (χ1n) is 7.25. The number of rotatable bonds is 10. The highest BCUT2D eigenvalue weighted by atomic mass is 16.5. The Morgan fingerprint density at radius 1 is 1.29 bits per heavy atom. The van der Waals surface area contributed by atoms with Gasteiger partial charge in [0.15, 0.2) is 5.78 Å². The predicted octanol–water partition coefficient (Wildman–Crippen LogP) is 3.13. The van der Waals surface area contributed by atoms with Gasteiger partial charge in [0.25, 0.3) is 0 Å². The molecule has 0 saturated heterocycles. The molecule has 0 heterocycles. The van der Waals surface area contributed by atoms with Crippen LogP contribution in [0, 0.1) is 0 Å². The highest BCUT2D eigenvalue weighted by Gasteiger charge is 2.07. The zero-order valence-corrected chi connectivity index (χ0v) is 13.0. The molecular formula is C17H26O4. The summed E-state index contributed by atoms with van der Waals surface area (Å²) >= 11 is 0. The lowest BCUT2D eigenvalue weighted by molar-refractivity contribution is -0.114. The molecule has 0 radical (unpaired) electrons. The molecule has 0 unspecified atom stereocenters. The molecule has 0 aliphatic carbocycles. The SMILES string of the molecule is C=CC(=O)CCCc1ccc(OCCC)cc1OCC.O. The maximum Gasteiger partial charge on any atom is 0.155 e. The summed E-state index contributed by atoms with van der Waals surface area (Å²) in [6.07, 6.45) is 4.52. The van der Waals surface area contributed by atoms with Crippen LogP contribution in [0.5, 0.6) is 11.5 Å². The summed E-state index contributed by atoms with van der Waals surface area (Å²) in [5.41, 5.74) is 1.12. The summed E-state index contributed by atoms with van der Waals surface area (Å²) in [7, 11) is 0. The van der Waals surface area contributed by atoms with Crippen LogP contribution in [0.4, 0.5) is 0 Å². The molecule has 0 bridgehead atoms. The zero-order chi connectivity index (χ0) is 14.8. The van der Waals surface area contributed by atoms with Gasteiger partial charge in [-0.05, 0) is 43.9 Å². The van der Waals surface area contributed by atoms with Crippen LogP contribution in [0.15, 0.2) is 30.9 Å². The van der Waals surface area contributed by atoms with Gasteiger partial charge in [-0.15, -0.1) is 0 Å². The van der Waals surface area contributed by atoms with Crippen LogP contribution >= 0.6 is 0 Å². The van der Waals surface area contributed by atoms with Crippen molar-refractivity contribution in [2.75, 3.05) is 13.2 Å². The number of allylic oxidation sites excluding steroid dienone is 1. The Hall–Kier alpha value is -1.81. The third kappa shape index (κ3) is 6.95. The highest BCUT2D eigenvalue weighted by molar-refractivity contribution is 5.88. The molecule has 1 rings (SSSR count). The third-order valence-electron chi connectivity index (χ3n) is 2.91. The van der Waals surface area contributed by atoms with Crippen molar-refractivity contribution < 1.29 is 19.7 Å². The van der Waals surface area contributed by atoms with Crippen LogP contribution in [0.3, 0.4) is 0 Å². The minimum absolute atomic E-state index is 0. The van der Waals surface area contributed by atoms with E-state index < -0.39 is 0 Å². The lowest BCUT2D eigenvalue weighted by atomic mass is 10.1. The van der Waals surface area contributed by atoms with Crippen molar-refractivity contribution >= 4 is 5.78 Å². The van der Waals surface area contributed by atoms with Gasteiger partial charge < -0.3 is 14.9 Å². The largest absolute Gasteiger partial charge is 0.493 e. The van der Waals surface area contributed by atoms with E-state index >= 15 is 0 Å². The number of hydrogen-bond acceptors (Lipinski definition) is 3. The van der Waals surface area contributed by atoms with Gasteiger partial charge in [-0.3, -0.25) is 4.79 Å². The van der Waals surface area contributed by atoms with Crippen LogP contribution in [-0.4, -0.2) is 24.5 Å². The average molecular weight is 294 g/mol. The van der Waals surface area contributed by atoms with Crippen molar-refractivity contribution in [3.05, 3.63) is 36.4 Å². The van der Waals surface area contributed by atoms with Crippen molar-refractivity contribution in [3.8, 4) is 11.5 Å². The van der Waals surface area contributed by atoms with Crippen molar-refractivity contribution in [2.45, 2.75) is 39.5 Å². The number of benzene rings is 1. The van der Waals surface area contributed by atoms with Gasteiger partial charge in [-0.1, -0.05) is 19.6 Å². The lowest BCUT2D eigenvalue weighted by Gasteiger charge is -2.12. The summed E-state index contributed by atoms with van der Waals surface area (Å²) in [6, 6.07) is 5.92. The van der Waals surface area contributed by atoms with Gasteiger partial charge in [0.1, 0.15) is 11.5 Å². The minimum atomic E-state index is 0. The monoisotopic (exact) mass is 294 g/mol. The normalized spacial score (nSPS) is 9.62. The second-order valence-corrected chi connectivity index (χ2v) is 4.57. The fourth-order valence-electron chi connectivity index (χ4n) is 1.90. The van der Waals surface area contributed by atoms with Crippen molar-refractivity contribution in [2.24, 2.45) is 0 Å². The first kappa shape index (κ1) is 19.2. The maximum atomic E-state index is 11.2. The first-order chi connectivity index (χ1) is 9.71. The summed E-state index contributed by atoms with van der Waals surface area (Å²) in [5, 5.41) is 0. The summed E-state index contributed by atoms with van der Waals surface area (Å²) in [4.78, 5) is 11.2. The molecule has 0 fully saturated rings. The fraction of sp³-hybridized carbons (Fsp3) is 0.471. The molecule has 0 saturated carbocycles. The molecule has 0 aliphatic rings. The molecule has 2 N–H and O–H groups in total. The van der Waals surface area contributed by atoms with Crippen molar-refractivity contribution in [1.29, 1.82) is 0 Å². The Morgan fingerprint density at radius 2 is 2.05 bits per heavy atom. The van der Waals surface area contributed by atoms with Crippen LogP contribution in [-0.2, 0) is 11.2 Å². The molecule has 1 aromatic carbocycles. The van der Waals surface area contributed by atoms with E-state index in [9.17, 15) is 4.79 Å². The molecule has 4 nitrogen and oxygen atoms in total. The summed E-state index contributed by atoms with van der Waals surface area (Å²) < 4.78 is 11.3. The van der Waals surface area contributed by atoms with E-state index in [4.69, 9.17) is 9.47 Å². The Labute approximate surface area is 127 Å². The molecule has 21 heavy (non-hydrogen) atoms. The molecule has 1 aromatic rings. The first-order valence-corrected chi connectivity index (χ1v) is 7.25. The second kappa shape index (κ2) is 10.9. The van der Waals surface area contributed by atoms with Crippen LogP contribution in [0.25, 0.3) is 0 Å².